The minimum atomic E-state index is -3.42. The normalized spacial score (nSPS) is 14.4. The molecule has 0 aromatic carbocycles. The maximum Gasteiger partial charge on any atom is 0.178 e. The number of fused-ring (bicyclic) bond motifs is 1. The number of pyridine rings is 1. The highest BCUT2D eigenvalue weighted by Crippen LogP contribution is 2.29. The van der Waals surface area contributed by atoms with E-state index in [1.165, 1.54) is 0 Å². The molecule has 2 aromatic heterocycles. The maximum absolute atomic E-state index is 12.5. The number of nitrogens with zero attached hydrogens (tertiary/aromatic N) is 3. The second-order valence-electron chi connectivity index (χ2n) is 5.63. The molecular formula is C18H22IN3O2S. The topological polar surface area (TPSA) is 64.8 Å². The molecule has 2 aromatic rings. The molecule has 0 fully saturated rings. The Morgan fingerprint density at radius 1 is 1.40 bits per heavy atom. The van der Waals surface area contributed by atoms with Crippen LogP contribution in [0, 0.1) is 0 Å². The van der Waals surface area contributed by atoms with Crippen molar-refractivity contribution in [1.29, 1.82) is 0 Å². The zero-order valence-electron chi connectivity index (χ0n) is 14.8. The largest absolute Gasteiger partial charge is 0.326 e. The first kappa shape index (κ1) is 19.8. The molecule has 0 aliphatic rings. The second kappa shape index (κ2) is 7.82. The lowest BCUT2D eigenvalue weighted by Crippen LogP contribution is -2.10. The predicted molar refractivity (Wildman–Crippen MR) is 112 cm³/mol. The molecule has 5 nitrogen and oxygen atoms in total. The van der Waals surface area contributed by atoms with Crippen molar-refractivity contribution in [3.05, 3.63) is 53.4 Å². The summed E-state index contributed by atoms with van der Waals surface area (Å²) >= 11 is 2.30. The zero-order valence-corrected chi connectivity index (χ0v) is 17.8. The average Bonchev–Trinajstić information content (AvgIpc) is 2.91. The summed E-state index contributed by atoms with van der Waals surface area (Å²) in [6, 6.07) is 3.92. The third-order valence-corrected chi connectivity index (χ3v) is 6.35. The minimum absolute atomic E-state index is 0.00803. The molecule has 0 saturated heterocycles. The summed E-state index contributed by atoms with van der Waals surface area (Å²) in [6.45, 7) is 9.53. The van der Waals surface area contributed by atoms with Crippen LogP contribution in [0.15, 0.2) is 41.8 Å². The summed E-state index contributed by atoms with van der Waals surface area (Å²) in [7, 11) is -1.58. The Hall–Kier alpha value is -1.48. The maximum atomic E-state index is 12.5. The first-order valence-electron chi connectivity index (χ1n) is 7.95. The van der Waals surface area contributed by atoms with Gasteiger partial charge in [-0.2, -0.15) is 0 Å². The van der Waals surface area contributed by atoms with Gasteiger partial charge in [0.25, 0.3) is 0 Å². The van der Waals surface area contributed by atoms with E-state index in [2.05, 4.69) is 46.1 Å². The van der Waals surface area contributed by atoms with E-state index in [4.69, 9.17) is 0 Å². The van der Waals surface area contributed by atoms with Gasteiger partial charge in [-0.25, -0.2) is 18.4 Å². The first-order valence-corrected chi connectivity index (χ1v) is 10.9. The Morgan fingerprint density at radius 2 is 2.08 bits per heavy atom. The lowest BCUT2D eigenvalue weighted by atomic mass is 10.2. The number of rotatable bonds is 6. The number of alkyl halides is 1. The summed E-state index contributed by atoms with van der Waals surface area (Å²) in [5, 5.41) is 0. The van der Waals surface area contributed by atoms with Gasteiger partial charge in [0.15, 0.2) is 15.5 Å². The Labute approximate surface area is 162 Å². The van der Waals surface area contributed by atoms with E-state index in [0.717, 1.165) is 11.2 Å². The van der Waals surface area contributed by atoms with Crippen molar-refractivity contribution in [2.75, 3.05) is 5.75 Å². The van der Waals surface area contributed by atoms with Gasteiger partial charge >= 0.3 is 0 Å². The molecule has 1 atom stereocenters. The number of aryl methyl sites for hydroxylation is 1. The number of allylic oxidation sites excluding steroid dienone is 4. The molecule has 2 rings (SSSR count). The third kappa shape index (κ3) is 4.03. The Morgan fingerprint density at radius 3 is 2.64 bits per heavy atom. The molecule has 0 bridgehead atoms. The fourth-order valence-electron chi connectivity index (χ4n) is 2.42. The van der Waals surface area contributed by atoms with E-state index in [-0.39, 0.29) is 14.6 Å². The molecule has 7 heteroatoms. The highest BCUT2D eigenvalue weighted by Gasteiger charge is 2.23. The van der Waals surface area contributed by atoms with Gasteiger partial charge in [-0.3, -0.25) is 0 Å². The molecule has 25 heavy (non-hydrogen) atoms. The van der Waals surface area contributed by atoms with Crippen LogP contribution in [0.2, 0.25) is 0 Å². The molecule has 0 saturated carbocycles. The molecule has 0 amide bonds. The van der Waals surface area contributed by atoms with Crippen LogP contribution in [0.5, 0.6) is 0 Å². The van der Waals surface area contributed by atoms with Gasteiger partial charge in [-0.05, 0) is 32.1 Å². The lowest BCUT2D eigenvalue weighted by molar-refractivity contribution is 0.604. The number of aromatic nitrogens is 3. The fraction of sp³-hybridized carbons (Fsp3) is 0.333. The molecule has 0 radical (unpaired) electrons. The van der Waals surface area contributed by atoms with Gasteiger partial charge in [0, 0.05) is 12.6 Å². The average molecular weight is 471 g/mol. The third-order valence-electron chi connectivity index (χ3n) is 3.90. The minimum Gasteiger partial charge on any atom is -0.326 e. The van der Waals surface area contributed by atoms with Crippen LogP contribution in [0.4, 0.5) is 0 Å². The van der Waals surface area contributed by atoms with Crippen molar-refractivity contribution in [3.8, 4) is 0 Å². The van der Waals surface area contributed by atoms with Crippen LogP contribution in [0.3, 0.4) is 0 Å². The van der Waals surface area contributed by atoms with Gasteiger partial charge < -0.3 is 4.57 Å². The number of imidazole rings is 1. The van der Waals surface area contributed by atoms with Crippen LogP contribution < -0.4 is 0 Å². The van der Waals surface area contributed by atoms with Crippen LogP contribution in [-0.2, 0) is 16.9 Å². The van der Waals surface area contributed by atoms with Crippen molar-refractivity contribution in [2.45, 2.75) is 24.7 Å². The molecule has 0 N–H and O–H groups in total. The van der Waals surface area contributed by atoms with Gasteiger partial charge in [0.2, 0.25) is 0 Å². The van der Waals surface area contributed by atoms with Crippen LogP contribution in [0.1, 0.15) is 36.2 Å². The van der Waals surface area contributed by atoms with Crippen molar-refractivity contribution in [3.63, 3.8) is 0 Å². The standard InChI is InChI=1S/C18H22IN3O2S/c1-6-8-9-16(25(23,24)7-2)12(3)18-21-17-15(22(18)5)11-10-14(20-17)13(4)19/h6,8-11,13H,3,7H2,1-2,4-5H3/b8-6-,16-9+. The predicted octanol–water partition coefficient (Wildman–Crippen LogP) is 4.37. The van der Waals surface area contributed by atoms with E-state index in [1.807, 2.05) is 30.7 Å². The summed E-state index contributed by atoms with van der Waals surface area (Å²) in [4.78, 5) is 9.32. The highest BCUT2D eigenvalue weighted by atomic mass is 127. The van der Waals surface area contributed by atoms with Gasteiger partial charge in [0.1, 0.15) is 5.82 Å². The fourth-order valence-corrected chi connectivity index (χ4v) is 3.83. The molecule has 0 aliphatic carbocycles. The SMILES string of the molecule is C=C(/C(=C\C=C/C)S(=O)(=O)CC)c1nc2nc(C(C)I)ccc2n1C. The van der Waals surface area contributed by atoms with Gasteiger partial charge in [0.05, 0.1) is 25.8 Å². The number of hydrogen-bond donors (Lipinski definition) is 0. The summed E-state index contributed by atoms with van der Waals surface area (Å²) in [5.74, 6) is 0.516. The Bertz CT molecular complexity index is 970. The zero-order chi connectivity index (χ0) is 18.8. The number of hydrogen-bond acceptors (Lipinski definition) is 4. The Balaban J connectivity index is 2.63. The van der Waals surface area contributed by atoms with E-state index >= 15 is 0 Å². The van der Waals surface area contributed by atoms with Crippen molar-refractivity contribution >= 4 is 49.2 Å². The van der Waals surface area contributed by atoms with E-state index in [1.54, 1.807) is 25.2 Å². The molecule has 1 unspecified atom stereocenters. The molecule has 134 valence electrons. The molecular weight excluding hydrogens is 449 g/mol. The lowest BCUT2D eigenvalue weighted by Gasteiger charge is -2.10. The summed E-state index contributed by atoms with van der Waals surface area (Å²) in [6.07, 6.45) is 5.06. The number of halogens is 1. The van der Waals surface area contributed by atoms with Gasteiger partial charge in [-0.1, -0.05) is 48.2 Å². The van der Waals surface area contributed by atoms with Crippen molar-refractivity contribution < 1.29 is 8.42 Å². The van der Waals surface area contributed by atoms with Crippen molar-refractivity contribution in [1.82, 2.24) is 14.5 Å². The highest BCUT2D eigenvalue weighted by molar-refractivity contribution is 14.1. The smallest absolute Gasteiger partial charge is 0.178 e. The summed E-state index contributed by atoms with van der Waals surface area (Å²) in [5.41, 5.74) is 2.76. The van der Waals surface area contributed by atoms with Crippen molar-refractivity contribution in [2.24, 2.45) is 7.05 Å². The van der Waals surface area contributed by atoms with E-state index in [9.17, 15) is 8.42 Å². The summed E-state index contributed by atoms with van der Waals surface area (Å²) < 4.78 is 27.0. The number of sulfone groups is 1. The second-order valence-corrected chi connectivity index (χ2v) is 9.74. The van der Waals surface area contributed by atoms with Crippen LogP contribution in [0.25, 0.3) is 16.7 Å². The van der Waals surface area contributed by atoms with E-state index in [0.29, 0.717) is 17.0 Å². The quantitative estimate of drug-likeness (QED) is 0.357. The Kier molecular flexibility index (Phi) is 6.21. The monoisotopic (exact) mass is 471 g/mol. The molecule has 2 heterocycles. The van der Waals surface area contributed by atoms with Crippen LogP contribution >= 0.6 is 22.6 Å². The first-order chi connectivity index (χ1) is 11.7. The van der Waals surface area contributed by atoms with Gasteiger partial charge in [-0.15, -0.1) is 0 Å². The van der Waals surface area contributed by atoms with E-state index < -0.39 is 9.84 Å². The van der Waals surface area contributed by atoms with Crippen LogP contribution in [-0.4, -0.2) is 28.7 Å². The molecule has 0 aliphatic heterocycles. The molecule has 0 spiro atoms.